The fourth-order valence-corrected chi connectivity index (χ4v) is 10.9. The van der Waals surface area contributed by atoms with Crippen molar-refractivity contribution in [1.29, 1.82) is 0 Å². The smallest absolute Gasteiger partial charge is 0.312 e. The van der Waals surface area contributed by atoms with Crippen molar-refractivity contribution in [1.82, 2.24) is 0 Å². The summed E-state index contributed by atoms with van der Waals surface area (Å²) in [6.45, 7) is 76.9. The van der Waals surface area contributed by atoms with E-state index in [0.29, 0.717) is 88.8 Å². The van der Waals surface area contributed by atoms with Crippen LogP contribution in [0.5, 0.6) is 0 Å². The van der Waals surface area contributed by atoms with Gasteiger partial charge in [0, 0.05) is 17.1 Å². The van der Waals surface area contributed by atoms with Gasteiger partial charge in [0.2, 0.25) is 0 Å². The zero-order valence-corrected chi connectivity index (χ0v) is 74.2. The van der Waals surface area contributed by atoms with Crippen LogP contribution in [0.3, 0.4) is 0 Å². The largest absolute Gasteiger partial charge is 0.332 e. The summed E-state index contributed by atoms with van der Waals surface area (Å²) >= 11 is 0. The fourth-order valence-electron chi connectivity index (χ4n) is 6.00. The molecule has 588 valence electrons. The van der Waals surface area contributed by atoms with Crippen LogP contribution in [-0.2, 0) is 84.9 Å². The van der Waals surface area contributed by atoms with Gasteiger partial charge in [-0.2, -0.15) is 0 Å². The molecule has 96 heavy (non-hydrogen) atoms. The van der Waals surface area contributed by atoms with Gasteiger partial charge in [0.15, 0.2) is 0 Å². The third-order valence-electron chi connectivity index (χ3n) is 13.4. The topological polar surface area (TPSA) is 138 Å². The van der Waals surface area contributed by atoms with Crippen LogP contribution in [0.15, 0.2) is 0 Å². The summed E-state index contributed by atoms with van der Waals surface area (Å²) in [6.07, 6.45) is 15.8. The zero-order valence-electron chi connectivity index (χ0n) is 68.6. The SMILES string of the molecule is CC(C)CCOP(OCCC(C)C)OCCC(C)C.CC(C)CCOP(OCCC(C)C)OCCC(C)C.CC(C)CCOP(OCCC(C)C)OCCC(C)C.CC(C)CCOP(OCCC(C)C)OCCC(C)C.CC(C)CCOP(OCCC(C)C)OCCC(C)C.[Fe]. The third-order valence-corrected chi connectivity index (χ3v) is 19.3. The van der Waals surface area contributed by atoms with Gasteiger partial charge in [-0.15, -0.1) is 0 Å². The average Bonchev–Trinajstić information content (AvgIpc) is 3.32. The first kappa shape index (κ1) is 109. The van der Waals surface area contributed by atoms with E-state index in [1.54, 1.807) is 0 Å². The Labute approximate surface area is 616 Å². The van der Waals surface area contributed by atoms with Crippen LogP contribution in [0.4, 0.5) is 0 Å². The first-order valence-electron chi connectivity index (χ1n) is 38.0. The summed E-state index contributed by atoms with van der Waals surface area (Å²) in [4.78, 5) is 0. The van der Waals surface area contributed by atoms with Crippen molar-refractivity contribution in [3.63, 3.8) is 0 Å². The summed E-state index contributed by atoms with van der Waals surface area (Å²) in [7, 11) is -5.76. The molecule has 0 amide bonds. The Hall–Kier alpha value is 2.07. The standard InChI is InChI=1S/5C15H33O3P.Fe/c5*1-13(2)7-10-16-19(17-11-8-14(3)4)18-12-9-15(5)6;/h5*13-15H,7-12H2,1-6H3;. The molecular weight excluding hydrogens is 1350 g/mol. The van der Waals surface area contributed by atoms with Crippen LogP contribution in [0, 0.1) is 88.8 Å². The van der Waals surface area contributed by atoms with Crippen molar-refractivity contribution in [2.24, 2.45) is 88.8 Å². The Morgan fingerprint density at radius 1 is 0.125 bits per heavy atom. The van der Waals surface area contributed by atoms with Gasteiger partial charge in [-0.1, -0.05) is 208 Å². The summed E-state index contributed by atoms with van der Waals surface area (Å²) in [5.41, 5.74) is 0. The maximum absolute atomic E-state index is 5.74. The van der Waals surface area contributed by atoms with E-state index in [4.69, 9.17) is 67.9 Å². The Morgan fingerprint density at radius 3 is 0.219 bits per heavy atom. The first-order chi connectivity index (χ1) is 44.6. The summed E-state index contributed by atoms with van der Waals surface area (Å²) in [6, 6.07) is 0. The summed E-state index contributed by atoms with van der Waals surface area (Å²) < 4.78 is 86.1. The molecule has 0 aliphatic heterocycles. The first-order valence-corrected chi connectivity index (χ1v) is 43.5. The van der Waals surface area contributed by atoms with Gasteiger partial charge in [0.1, 0.15) is 0 Å². The molecule has 15 nitrogen and oxygen atoms in total. The van der Waals surface area contributed by atoms with E-state index in [0.717, 1.165) is 195 Å². The van der Waals surface area contributed by atoms with E-state index < -0.39 is 43.0 Å². The van der Waals surface area contributed by atoms with Gasteiger partial charge < -0.3 is 67.9 Å². The minimum absolute atomic E-state index is 0. The molecular formula is C75H165FeO15P5. The molecule has 0 spiro atoms. The van der Waals surface area contributed by atoms with E-state index in [-0.39, 0.29) is 17.1 Å². The molecule has 0 aliphatic carbocycles. The van der Waals surface area contributed by atoms with Crippen LogP contribution in [0.2, 0.25) is 0 Å². The molecule has 0 aromatic rings. The Kier molecular flexibility index (Phi) is 88.7. The van der Waals surface area contributed by atoms with Crippen LogP contribution in [0.25, 0.3) is 0 Å². The molecule has 0 atom stereocenters. The number of hydrogen-bond acceptors (Lipinski definition) is 15. The molecule has 0 aromatic heterocycles. The van der Waals surface area contributed by atoms with E-state index >= 15 is 0 Å². The second-order valence-corrected chi connectivity index (χ2v) is 37.5. The Bertz CT molecular complexity index is 1060. The zero-order chi connectivity index (χ0) is 73.4. The van der Waals surface area contributed by atoms with E-state index in [1.165, 1.54) is 0 Å². The fraction of sp³-hybridized carbons (Fsp3) is 1.00. The van der Waals surface area contributed by atoms with Gasteiger partial charge in [0.25, 0.3) is 0 Å². The molecule has 0 aromatic carbocycles. The van der Waals surface area contributed by atoms with Gasteiger partial charge >= 0.3 is 43.0 Å². The van der Waals surface area contributed by atoms with Crippen LogP contribution in [-0.4, -0.2) is 99.1 Å². The van der Waals surface area contributed by atoms with E-state index in [1.807, 2.05) is 0 Å². The maximum atomic E-state index is 5.74. The third kappa shape index (κ3) is 102. The number of rotatable bonds is 60. The molecule has 0 unspecified atom stereocenters. The van der Waals surface area contributed by atoms with Crippen molar-refractivity contribution >= 4 is 43.0 Å². The maximum Gasteiger partial charge on any atom is 0.332 e. The molecule has 21 heteroatoms. The minimum atomic E-state index is -1.15. The van der Waals surface area contributed by atoms with Crippen molar-refractivity contribution in [2.45, 2.75) is 304 Å². The van der Waals surface area contributed by atoms with Crippen molar-refractivity contribution in [3.8, 4) is 0 Å². The van der Waals surface area contributed by atoms with Crippen LogP contribution >= 0.6 is 43.0 Å². The monoisotopic (exact) mass is 1520 g/mol. The average molecular weight is 1520 g/mol. The van der Waals surface area contributed by atoms with Crippen LogP contribution < -0.4 is 0 Å². The predicted octanol–water partition coefficient (Wildman–Crippen LogP) is 27.0. The predicted molar refractivity (Wildman–Crippen MR) is 416 cm³/mol. The molecule has 0 heterocycles. The second kappa shape index (κ2) is 78.1. The molecule has 0 aliphatic rings. The van der Waals surface area contributed by atoms with Crippen LogP contribution in [0.1, 0.15) is 304 Å². The number of hydrogen-bond donors (Lipinski definition) is 0. The normalized spacial score (nSPS) is 12.2. The van der Waals surface area contributed by atoms with Crippen molar-refractivity contribution in [2.75, 3.05) is 99.1 Å². The second-order valence-electron chi connectivity index (χ2n) is 31.4. The molecule has 0 rings (SSSR count). The van der Waals surface area contributed by atoms with Gasteiger partial charge in [0.05, 0.1) is 99.1 Å². The van der Waals surface area contributed by atoms with E-state index in [2.05, 4.69) is 208 Å². The molecule has 0 saturated heterocycles. The molecule has 0 radical (unpaired) electrons. The quantitative estimate of drug-likeness (QED) is 0.0421. The minimum Gasteiger partial charge on any atom is -0.312 e. The summed E-state index contributed by atoms with van der Waals surface area (Å²) in [5, 5.41) is 0. The molecule has 0 fully saturated rings. The van der Waals surface area contributed by atoms with Crippen molar-refractivity contribution in [3.05, 3.63) is 0 Å². The Morgan fingerprint density at radius 2 is 0.177 bits per heavy atom. The molecule has 0 saturated carbocycles. The van der Waals surface area contributed by atoms with Gasteiger partial charge in [-0.3, -0.25) is 0 Å². The van der Waals surface area contributed by atoms with E-state index in [9.17, 15) is 0 Å². The van der Waals surface area contributed by atoms with Gasteiger partial charge in [-0.25, -0.2) is 0 Å². The van der Waals surface area contributed by atoms with Crippen molar-refractivity contribution < 1.29 is 84.9 Å². The molecule has 0 bridgehead atoms. The summed E-state index contributed by atoms with van der Waals surface area (Å²) in [5.74, 6) is 9.84. The molecule has 0 N–H and O–H groups in total. The van der Waals surface area contributed by atoms with Gasteiger partial charge in [-0.05, 0) is 185 Å². The Balaban J connectivity index is -0.000000263.